The second-order valence-electron chi connectivity index (χ2n) is 5.30. The highest BCUT2D eigenvalue weighted by molar-refractivity contribution is 9.10. The second-order valence-corrected chi connectivity index (χ2v) is 6.16. The molecule has 0 bridgehead atoms. The Balaban J connectivity index is 3.10. The molecule has 3 N–H and O–H groups in total. The van der Waals surface area contributed by atoms with E-state index in [1.807, 2.05) is 13.8 Å². The number of alkyl halides is 3. The highest BCUT2D eigenvalue weighted by Gasteiger charge is 2.32. The van der Waals surface area contributed by atoms with Crippen LogP contribution in [0.15, 0.2) is 22.7 Å². The number of aliphatic hydroxyl groups is 1. The van der Waals surface area contributed by atoms with Crippen molar-refractivity contribution in [2.24, 2.45) is 17.6 Å². The van der Waals surface area contributed by atoms with Crippen LogP contribution < -0.4 is 5.73 Å². The Labute approximate surface area is 125 Å². The summed E-state index contributed by atoms with van der Waals surface area (Å²) in [5.74, 6) is 0.0394. The van der Waals surface area contributed by atoms with Crippen molar-refractivity contribution in [3.63, 3.8) is 0 Å². The molecule has 2 nitrogen and oxygen atoms in total. The Kier molecular flexibility index (Phi) is 6.04. The lowest BCUT2D eigenvalue weighted by Crippen LogP contribution is -2.24. The van der Waals surface area contributed by atoms with Crippen molar-refractivity contribution < 1.29 is 18.3 Å². The molecule has 0 spiro atoms. The zero-order valence-electron chi connectivity index (χ0n) is 11.4. The topological polar surface area (TPSA) is 46.2 Å². The third-order valence-corrected chi connectivity index (χ3v) is 3.89. The summed E-state index contributed by atoms with van der Waals surface area (Å²) in [6.45, 7) is 4.19. The molecule has 0 aliphatic carbocycles. The maximum absolute atomic E-state index is 12.7. The first-order valence-electron chi connectivity index (χ1n) is 6.41. The average Bonchev–Trinajstić information content (AvgIpc) is 2.34. The summed E-state index contributed by atoms with van der Waals surface area (Å²) >= 11 is 3.19. The lowest BCUT2D eigenvalue weighted by Gasteiger charge is -2.25. The van der Waals surface area contributed by atoms with Crippen LogP contribution in [0.3, 0.4) is 0 Å². The van der Waals surface area contributed by atoms with Crippen molar-refractivity contribution in [3.8, 4) is 0 Å². The van der Waals surface area contributed by atoms with E-state index in [1.165, 1.54) is 6.07 Å². The maximum Gasteiger partial charge on any atom is 0.416 e. The minimum atomic E-state index is -4.43. The standard InChI is InChI=1S/C14H19BrF3NO/c1-8(2)5-9(7-19)13(20)11-6-10(14(16,17)18)3-4-12(11)15/h3-4,6,8-9,13,20H,5,7,19H2,1-2H3. The van der Waals surface area contributed by atoms with Crippen LogP contribution in [0.2, 0.25) is 0 Å². The zero-order valence-corrected chi connectivity index (χ0v) is 13.0. The van der Waals surface area contributed by atoms with Gasteiger partial charge in [0.2, 0.25) is 0 Å². The molecule has 0 amide bonds. The van der Waals surface area contributed by atoms with E-state index < -0.39 is 17.8 Å². The van der Waals surface area contributed by atoms with E-state index in [9.17, 15) is 18.3 Å². The number of benzene rings is 1. The Morgan fingerprint density at radius 1 is 1.30 bits per heavy atom. The first kappa shape index (κ1) is 17.5. The fraction of sp³-hybridized carbons (Fsp3) is 0.571. The van der Waals surface area contributed by atoms with Crippen molar-refractivity contribution in [3.05, 3.63) is 33.8 Å². The van der Waals surface area contributed by atoms with E-state index >= 15 is 0 Å². The molecule has 0 aliphatic rings. The van der Waals surface area contributed by atoms with Crippen LogP contribution in [0.25, 0.3) is 0 Å². The lowest BCUT2D eigenvalue weighted by atomic mass is 9.88. The Morgan fingerprint density at radius 2 is 1.90 bits per heavy atom. The number of hydrogen-bond donors (Lipinski definition) is 2. The summed E-state index contributed by atoms with van der Waals surface area (Å²) in [6, 6.07) is 3.28. The lowest BCUT2D eigenvalue weighted by molar-refractivity contribution is -0.137. The molecule has 0 heterocycles. The normalized spacial score (nSPS) is 15.4. The van der Waals surface area contributed by atoms with Crippen LogP contribution in [-0.2, 0) is 6.18 Å². The van der Waals surface area contributed by atoms with Gasteiger partial charge < -0.3 is 10.8 Å². The third-order valence-electron chi connectivity index (χ3n) is 3.17. The van der Waals surface area contributed by atoms with E-state index in [0.717, 1.165) is 12.1 Å². The van der Waals surface area contributed by atoms with Crippen molar-refractivity contribution >= 4 is 15.9 Å². The van der Waals surface area contributed by atoms with Crippen LogP contribution in [0.5, 0.6) is 0 Å². The van der Waals surface area contributed by atoms with Crippen LogP contribution in [0.4, 0.5) is 13.2 Å². The number of rotatable bonds is 5. The third kappa shape index (κ3) is 4.46. The number of aliphatic hydroxyl groups excluding tert-OH is 1. The van der Waals surface area contributed by atoms with E-state index in [-0.39, 0.29) is 18.0 Å². The molecule has 0 fully saturated rings. The minimum Gasteiger partial charge on any atom is -0.388 e. The molecule has 2 unspecified atom stereocenters. The molecule has 20 heavy (non-hydrogen) atoms. The van der Waals surface area contributed by atoms with E-state index in [1.54, 1.807) is 0 Å². The number of halogens is 4. The number of nitrogens with two attached hydrogens (primary N) is 1. The fourth-order valence-corrected chi connectivity index (χ4v) is 2.64. The second kappa shape index (κ2) is 6.91. The molecule has 0 aromatic heterocycles. The smallest absolute Gasteiger partial charge is 0.388 e. The summed E-state index contributed by atoms with van der Waals surface area (Å²) < 4.78 is 38.7. The van der Waals surface area contributed by atoms with Crippen LogP contribution in [-0.4, -0.2) is 11.7 Å². The predicted molar refractivity (Wildman–Crippen MR) is 76.1 cm³/mol. The first-order valence-corrected chi connectivity index (χ1v) is 7.20. The maximum atomic E-state index is 12.7. The summed E-state index contributed by atoms with van der Waals surface area (Å²) in [5.41, 5.74) is 5.10. The summed E-state index contributed by atoms with van der Waals surface area (Å²) in [5, 5.41) is 10.3. The van der Waals surface area contributed by atoms with Crippen LogP contribution in [0.1, 0.15) is 37.5 Å². The summed E-state index contributed by atoms with van der Waals surface area (Å²) in [4.78, 5) is 0. The minimum absolute atomic E-state index is 0.224. The van der Waals surface area contributed by atoms with Gasteiger partial charge in [-0.1, -0.05) is 29.8 Å². The van der Waals surface area contributed by atoms with Crippen molar-refractivity contribution in [1.82, 2.24) is 0 Å². The molecular weight excluding hydrogens is 335 g/mol. The fourth-order valence-electron chi connectivity index (χ4n) is 2.16. The monoisotopic (exact) mass is 353 g/mol. The van der Waals surface area contributed by atoms with Gasteiger partial charge in [-0.05, 0) is 42.6 Å². The van der Waals surface area contributed by atoms with Gasteiger partial charge in [-0.3, -0.25) is 0 Å². The van der Waals surface area contributed by atoms with Gasteiger partial charge in [0.25, 0.3) is 0 Å². The van der Waals surface area contributed by atoms with Crippen molar-refractivity contribution in [2.75, 3.05) is 6.54 Å². The Bertz CT molecular complexity index is 449. The molecule has 2 atom stereocenters. The molecule has 114 valence electrons. The molecule has 0 saturated heterocycles. The average molecular weight is 354 g/mol. The Hall–Kier alpha value is -0.590. The molecule has 1 aromatic rings. The highest BCUT2D eigenvalue weighted by atomic mass is 79.9. The molecule has 0 radical (unpaired) electrons. The van der Waals surface area contributed by atoms with E-state index in [2.05, 4.69) is 15.9 Å². The van der Waals surface area contributed by atoms with Gasteiger partial charge in [0.1, 0.15) is 0 Å². The molecular formula is C14H19BrF3NO. The molecule has 6 heteroatoms. The number of hydrogen-bond acceptors (Lipinski definition) is 2. The summed E-state index contributed by atoms with van der Waals surface area (Å²) in [6.07, 6.45) is -4.79. The van der Waals surface area contributed by atoms with E-state index in [4.69, 9.17) is 5.73 Å². The summed E-state index contributed by atoms with van der Waals surface area (Å²) in [7, 11) is 0. The van der Waals surface area contributed by atoms with Crippen molar-refractivity contribution in [2.45, 2.75) is 32.5 Å². The quantitative estimate of drug-likeness (QED) is 0.836. The van der Waals surface area contributed by atoms with Gasteiger partial charge in [0, 0.05) is 10.4 Å². The van der Waals surface area contributed by atoms with Gasteiger partial charge in [0.05, 0.1) is 11.7 Å². The van der Waals surface area contributed by atoms with Crippen molar-refractivity contribution in [1.29, 1.82) is 0 Å². The van der Waals surface area contributed by atoms with Crippen LogP contribution in [0, 0.1) is 11.8 Å². The van der Waals surface area contributed by atoms with Gasteiger partial charge in [-0.15, -0.1) is 0 Å². The predicted octanol–water partition coefficient (Wildman–Crippen LogP) is 4.12. The zero-order chi connectivity index (χ0) is 15.5. The van der Waals surface area contributed by atoms with Gasteiger partial charge in [-0.2, -0.15) is 13.2 Å². The molecule has 0 saturated carbocycles. The van der Waals surface area contributed by atoms with Gasteiger partial charge in [0.15, 0.2) is 0 Å². The molecule has 1 rings (SSSR count). The van der Waals surface area contributed by atoms with Gasteiger partial charge in [-0.25, -0.2) is 0 Å². The highest BCUT2D eigenvalue weighted by Crippen LogP contribution is 2.36. The first-order chi connectivity index (χ1) is 9.16. The Morgan fingerprint density at radius 3 is 2.35 bits per heavy atom. The van der Waals surface area contributed by atoms with Crippen LogP contribution >= 0.6 is 15.9 Å². The van der Waals surface area contributed by atoms with Gasteiger partial charge >= 0.3 is 6.18 Å². The SMILES string of the molecule is CC(C)CC(CN)C(O)c1cc(C(F)(F)F)ccc1Br. The molecule has 0 aliphatic heterocycles. The van der Waals surface area contributed by atoms with E-state index in [0.29, 0.717) is 16.8 Å². The molecule has 1 aromatic carbocycles. The largest absolute Gasteiger partial charge is 0.416 e.